The Kier molecular flexibility index (Phi) is 2.90. The number of rotatable bonds is 4. The maximum absolute atomic E-state index is 11.3. The van der Waals surface area contributed by atoms with E-state index in [0.717, 1.165) is 19.1 Å². The third-order valence-corrected chi connectivity index (χ3v) is 3.20. The lowest BCUT2D eigenvalue weighted by Crippen LogP contribution is -2.33. The second-order valence-corrected chi connectivity index (χ2v) is 6.49. The van der Waals surface area contributed by atoms with Gasteiger partial charge in [0.05, 0.1) is 6.26 Å². The molecule has 0 saturated heterocycles. The molecule has 0 aromatic heterocycles. The average molecular weight is 219 g/mol. The molecular formula is C9H17NO3S. The van der Waals surface area contributed by atoms with Crippen LogP contribution in [0.4, 0.5) is 0 Å². The van der Waals surface area contributed by atoms with E-state index in [1.807, 2.05) is 18.6 Å². The highest BCUT2D eigenvalue weighted by Gasteiger charge is 2.39. The van der Waals surface area contributed by atoms with Crippen LogP contribution in [-0.4, -0.2) is 20.6 Å². The monoisotopic (exact) mass is 219 g/mol. The minimum atomic E-state index is -3.40. The Bertz CT molecular complexity index is 328. The van der Waals surface area contributed by atoms with Crippen molar-refractivity contribution in [1.82, 2.24) is 4.72 Å². The summed E-state index contributed by atoms with van der Waals surface area (Å²) in [6.07, 6.45) is 3.58. The molecule has 5 heteroatoms. The van der Waals surface area contributed by atoms with Gasteiger partial charge in [0, 0.05) is 6.42 Å². The van der Waals surface area contributed by atoms with E-state index in [1.54, 1.807) is 0 Å². The van der Waals surface area contributed by atoms with Crippen LogP contribution in [0.15, 0.2) is 0 Å². The van der Waals surface area contributed by atoms with E-state index in [4.69, 9.17) is 0 Å². The molecule has 82 valence electrons. The lowest BCUT2D eigenvalue weighted by atomic mass is 9.84. The van der Waals surface area contributed by atoms with Crippen LogP contribution in [0.5, 0.6) is 0 Å². The molecule has 1 amide bonds. The Morgan fingerprint density at radius 2 is 1.93 bits per heavy atom. The standard InChI is InChI=1S/C9H17NO3S/c1-9(2,7-4-5-7)6-8(11)10-14(3,12)13/h7H,4-6H2,1-3H3,(H,10,11). The molecule has 1 rings (SSSR count). The van der Waals surface area contributed by atoms with E-state index < -0.39 is 15.9 Å². The molecule has 1 aliphatic carbocycles. The van der Waals surface area contributed by atoms with E-state index >= 15 is 0 Å². The third kappa shape index (κ3) is 3.65. The molecule has 0 aromatic carbocycles. The highest BCUT2D eigenvalue weighted by molar-refractivity contribution is 7.89. The van der Waals surface area contributed by atoms with Crippen molar-refractivity contribution in [3.8, 4) is 0 Å². The summed E-state index contributed by atoms with van der Waals surface area (Å²) >= 11 is 0. The Morgan fingerprint density at radius 1 is 1.43 bits per heavy atom. The molecule has 1 fully saturated rings. The fraction of sp³-hybridized carbons (Fsp3) is 0.889. The van der Waals surface area contributed by atoms with E-state index in [-0.39, 0.29) is 11.8 Å². The van der Waals surface area contributed by atoms with Gasteiger partial charge in [-0.05, 0) is 24.2 Å². The van der Waals surface area contributed by atoms with E-state index in [9.17, 15) is 13.2 Å². The molecule has 1 saturated carbocycles. The molecule has 0 unspecified atom stereocenters. The van der Waals surface area contributed by atoms with Crippen molar-refractivity contribution in [2.75, 3.05) is 6.26 Å². The number of carbonyl (C=O) groups is 1. The molecule has 0 aromatic rings. The molecule has 0 radical (unpaired) electrons. The van der Waals surface area contributed by atoms with Gasteiger partial charge in [-0.3, -0.25) is 9.52 Å². The lowest BCUT2D eigenvalue weighted by molar-refractivity contribution is -0.121. The quantitative estimate of drug-likeness (QED) is 0.763. The minimum absolute atomic E-state index is 0.0746. The van der Waals surface area contributed by atoms with Crippen LogP contribution in [0, 0.1) is 11.3 Å². The van der Waals surface area contributed by atoms with Crippen LogP contribution in [0.1, 0.15) is 33.1 Å². The summed E-state index contributed by atoms with van der Waals surface area (Å²) in [6, 6.07) is 0. The van der Waals surface area contributed by atoms with Crippen LogP contribution in [-0.2, 0) is 14.8 Å². The maximum atomic E-state index is 11.3. The topological polar surface area (TPSA) is 63.2 Å². The first-order chi connectivity index (χ1) is 6.21. The van der Waals surface area contributed by atoms with Gasteiger partial charge in [0.15, 0.2) is 0 Å². The number of hydrogen-bond donors (Lipinski definition) is 1. The zero-order chi connectivity index (χ0) is 11.0. The number of carbonyl (C=O) groups excluding carboxylic acids is 1. The molecule has 1 aliphatic rings. The van der Waals surface area contributed by atoms with E-state index in [1.165, 1.54) is 0 Å². The van der Waals surface area contributed by atoms with Crippen molar-refractivity contribution in [2.24, 2.45) is 11.3 Å². The Balaban J connectivity index is 2.48. The molecule has 4 nitrogen and oxygen atoms in total. The normalized spacial score (nSPS) is 17.9. The van der Waals surface area contributed by atoms with Crippen LogP contribution in [0.2, 0.25) is 0 Å². The van der Waals surface area contributed by atoms with Gasteiger partial charge < -0.3 is 0 Å². The summed E-state index contributed by atoms with van der Waals surface area (Å²) in [6.45, 7) is 4.01. The summed E-state index contributed by atoms with van der Waals surface area (Å²) in [5.41, 5.74) is -0.0746. The molecule has 0 atom stereocenters. The van der Waals surface area contributed by atoms with Crippen molar-refractivity contribution in [3.63, 3.8) is 0 Å². The number of amides is 1. The van der Waals surface area contributed by atoms with Crippen molar-refractivity contribution >= 4 is 15.9 Å². The molecular weight excluding hydrogens is 202 g/mol. The first-order valence-corrected chi connectivity index (χ1v) is 6.60. The van der Waals surface area contributed by atoms with Gasteiger partial charge in [-0.1, -0.05) is 13.8 Å². The van der Waals surface area contributed by atoms with Crippen LogP contribution >= 0.6 is 0 Å². The predicted octanol–water partition coefficient (Wildman–Crippen LogP) is 0.889. The highest BCUT2D eigenvalue weighted by atomic mass is 32.2. The molecule has 0 bridgehead atoms. The maximum Gasteiger partial charge on any atom is 0.233 e. The second kappa shape index (κ2) is 3.53. The van der Waals surface area contributed by atoms with Gasteiger partial charge in [-0.25, -0.2) is 8.42 Å². The minimum Gasteiger partial charge on any atom is -0.274 e. The van der Waals surface area contributed by atoms with Crippen molar-refractivity contribution in [3.05, 3.63) is 0 Å². The van der Waals surface area contributed by atoms with E-state index in [2.05, 4.69) is 0 Å². The Labute approximate surface area is 85.1 Å². The van der Waals surface area contributed by atoms with Gasteiger partial charge >= 0.3 is 0 Å². The molecule has 14 heavy (non-hydrogen) atoms. The smallest absolute Gasteiger partial charge is 0.233 e. The summed E-state index contributed by atoms with van der Waals surface area (Å²) < 4.78 is 23.6. The van der Waals surface area contributed by atoms with Crippen molar-refractivity contribution in [2.45, 2.75) is 33.1 Å². The van der Waals surface area contributed by atoms with Gasteiger partial charge in [-0.2, -0.15) is 0 Å². The predicted molar refractivity (Wildman–Crippen MR) is 54.1 cm³/mol. The fourth-order valence-electron chi connectivity index (χ4n) is 1.67. The average Bonchev–Trinajstić information content (AvgIpc) is 2.57. The van der Waals surface area contributed by atoms with Crippen LogP contribution < -0.4 is 4.72 Å². The zero-order valence-electron chi connectivity index (χ0n) is 8.83. The van der Waals surface area contributed by atoms with Crippen molar-refractivity contribution in [1.29, 1.82) is 0 Å². The number of hydrogen-bond acceptors (Lipinski definition) is 3. The Hall–Kier alpha value is -0.580. The molecule has 0 heterocycles. The molecule has 0 aliphatic heterocycles. The highest BCUT2D eigenvalue weighted by Crippen LogP contribution is 2.47. The molecule has 0 spiro atoms. The first kappa shape index (κ1) is 11.5. The van der Waals surface area contributed by atoms with Gasteiger partial charge in [-0.15, -0.1) is 0 Å². The largest absolute Gasteiger partial charge is 0.274 e. The first-order valence-electron chi connectivity index (χ1n) is 4.71. The van der Waals surface area contributed by atoms with E-state index in [0.29, 0.717) is 5.92 Å². The number of sulfonamides is 1. The summed E-state index contributed by atoms with van der Waals surface area (Å²) in [4.78, 5) is 11.3. The Morgan fingerprint density at radius 3 is 2.29 bits per heavy atom. The van der Waals surface area contributed by atoms with Gasteiger partial charge in [0.25, 0.3) is 0 Å². The second-order valence-electron chi connectivity index (χ2n) is 4.74. The zero-order valence-corrected chi connectivity index (χ0v) is 9.65. The summed E-state index contributed by atoms with van der Waals surface area (Å²) in [5, 5.41) is 0. The molecule has 1 N–H and O–H groups in total. The van der Waals surface area contributed by atoms with Gasteiger partial charge in [0.2, 0.25) is 15.9 Å². The fourth-order valence-corrected chi connectivity index (χ4v) is 2.15. The van der Waals surface area contributed by atoms with Crippen LogP contribution in [0.3, 0.4) is 0 Å². The number of nitrogens with one attached hydrogen (secondary N) is 1. The van der Waals surface area contributed by atoms with Crippen LogP contribution in [0.25, 0.3) is 0 Å². The van der Waals surface area contributed by atoms with Crippen molar-refractivity contribution < 1.29 is 13.2 Å². The summed E-state index contributed by atoms with van der Waals surface area (Å²) in [5.74, 6) is 0.178. The van der Waals surface area contributed by atoms with Gasteiger partial charge in [0.1, 0.15) is 0 Å². The third-order valence-electron chi connectivity index (χ3n) is 2.60. The summed E-state index contributed by atoms with van der Waals surface area (Å²) in [7, 11) is -3.40. The lowest BCUT2D eigenvalue weighted by Gasteiger charge is -2.22. The SMILES string of the molecule is CC(C)(CC(=O)NS(C)(=O)=O)C1CC1.